The topological polar surface area (TPSA) is 64.0 Å². The van der Waals surface area contributed by atoms with Gasteiger partial charge in [0.05, 0.1) is 3.79 Å². The van der Waals surface area contributed by atoms with Crippen molar-refractivity contribution in [3.05, 3.63) is 33.6 Å². The smallest absolute Gasteiger partial charge is 0.250 e. The van der Waals surface area contributed by atoms with Crippen LogP contribution in [0.5, 0.6) is 0 Å². The molecule has 0 saturated carbocycles. The quantitative estimate of drug-likeness (QED) is 0.873. The Labute approximate surface area is 136 Å². The Bertz CT molecular complexity index is 732. The Hall–Kier alpha value is -0.700. The monoisotopic (exact) mass is 389 g/mol. The average molecular weight is 390 g/mol. The molecule has 1 N–H and O–H groups in total. The second-order valence-electron chi connectivity index (χ2n) is 5.27. The Morgan fingerprint density at radius 1 is 1.57 bits per heavy atom. The first-order valence-electron chi connectivity index (χ1n) is 6.71. The number of halogens is 1. The van der Waals surface area contributed by atoms with Crippen LogP contribution in [0.2, 0.25) is 0 Å². The number of nitrogens with one attached hydrogen (secondary N) is 1. The fourth-order valence-electron chi connectivity index (χ4n) is 2.45. The maximum Gasteiger partial charge on any atom is 0.250 e. The number of hydrogen-bond donors (Lipinski definition) is 1. The summed E-state index contributed by atoms with van der Waals surface area (Å²) in [7, 11) is -3.41. The summed E-state index contributed by atoms with van der Waals surface area (Å²) in [4.78, 5) is 4.31. The van der Waals surface area contributed by atoms with Gasteiger partial charge in [-0.3, -0.25) is 0 Å². The molecule has 0 radical (unpaired) electrons. The highest BCUT2D eigenvalue weighted by molar-refractivity contribution is 9.11. The first kappa shape index (κ1) is 15.2. The molecule has 8 heteroatoms. The van der Waals surface area contributed by atoms with E-state index in [-0.39, 0.29) is 0 Å². The van der Waals surface area contributed by atoms with Crippen LogP contribution in [0.25, 0.3) is 0 Å². The normalized spacial score (nSPS) is 18.7. The Balaban J connectivity index is 1.65. The van der Waals surface area contributed by atoms with Crippen LogP contribution in [0, 0.1) is 12.8 Å². The summed E-state index contributed by atoms with van der Waals surface area (Å²) >= 11 is 4.61. The summed E-state index contributed by atoms with van der Waals surface area (Å²) < 4.78 is 30.7. The van der Waals surface area contributed by atoms with E-state index in [9.17, 15) is 8.42 Å². The molecule has 0 fully saturated rings. The van der Waals surface area contributed by atoms with E-state index in [0.29, 0.717) is 16.7 Å². The van der Waals surface area contributed by atoms with Crippen molar-refractivity contribution in [2.45, 2.75) is 30.5 Å². The van der Waals surface area contributed by atoms with Gasteiger partial charge in [0.2, 0.25) is 10.0 Å². The summed E-state index contributed by atoms with van der Waals surface area (Å²) in [5, 5.41) is 0. The lowest BCUT2D eigenvalue weighted by molar-refractivity contribution is 0.379. The van der Waals surface area contributed by atoms with Gasteiger partial charge in [0.25, 0.3) is 0 Å². The highest BCUT2D eigenvalue weighted by Crippen LogP contribution is 2.30. The SMILES string of the molecule is Cc1cc(S(=O)(=O)NC[C@@H]2CCn3ccnc3C2)sc1Br. The number of aromatic nitrogens is 2. The van der Waals surface area contributed by atoms with E-state index in [2.05, 4.69) is 30.2 Å². The van der Waals surface area contributed by atoms with Crippen LogP contribution < -0.4 is 4.72 Å². The maximum atomic E-state index is 12.3. The largest absolute Gasteiger partial charge is 0.335 e. The van der Waals surface area contributed by atoms with Gasteiger partial charge in [0, 0.05) is 31.9 Å². The summed E-state index contributed by atoms with van der Waals surface area (Å²) in [5.74, 6) is 1.35. The van der Waals surface area contributed by atoms with Crippen molar-refractivity contribution in [2.75, 3.05) is 6.54 Å². The van der Waals surface area contributed by atoms with Crippen molar-refractivity contribution in [3.63, 3.8) is 0 Å². The van der Waals surface area contributed by atoms with Gasteiger partial charge in [-0.25, -0.2) is 18.1 Å². The molecule has 5 nitrogen and oxygen atoms in total. The molecule has 2 aromatic heterocycles. The van der Waals surface area contributed by atoms with Crippen molar-refractivity contribution < 1.29 is 8.42 Å². The summed E-state index contributed by atoms with van der Waals surface area (Å²) in [6, 6.07) is 1.70. The Morgan fingerprint density at radius 2 is 2.38 bits per heavy atom. The molecule has 114 valence electrons. The van der Waals surface area contributed by atoms with Crippen LogP contribution in [0.4, 0.5) is 0 Å². The molecule has 0 unspecified atom stereocenters. The highest BCUT2D eigenvalue weighted by atomic mass is 79.9. The fourth-order valence-corrected chi connectivity index (χ4v) is 5.84. The van der Waals surface area contributed by atoms with Crippen molar-refractivity contribution in [1.29, 1.82) is 0 Å². The molecule has 0 spiro atoms. The zero-order valence-electron chi connectivity index (χ0n) is 11.5. The first-order chi connectivity index (χ1) is 9.95. The minimum absolute atomic E-state index is 0.305. The Kier molecular flexibility index (Phi) is 4.22. The van der Waals surface area contributed by atoms with Crippen LogP contribution in [0.3, 0.4) is 0 Å². The molecule has 1 aliphatic rings. The molecule has 1 atom stereocenters. The maximum absolute atomic E-state index is 12.3. The summed E-state index contributed by atoms with van der Waals surface area (Å²) in [6.07, 6.45) is 5.57. The number of rotatable bonds is 4. The van der Waals surface area contributed by atoms with Gasteiger partial charge in [-0.05, 0) is 46.8 Å². The van der Waals surface area contributed by atoms with E-state index in [1.807, 2.05) is 13.1 Å². The third-order valence-electron chi connectivity index (χ3n) is 3.71. The minimum Gasteiger partial charge on any atom is -0.335 e. The summed E-state index contributed by atoms with van der Waals surface area (Å²) in [5.41, 5.74) is 0.945. The van der Waals surface area contributed by atoms with Crippen molar-refractivity contribution in [1.82, 2.24) is 14.3 Å². The zero-order chi connectivity index (χ0) is 15.0. The number of hydrogen-bond acceptors (Lipinski definition) is 4. The zero-order valence-corrected chi connectivity index (χ0v) is 14.8. The van der Waals surface area contributed by atoms with Crippen LogP contribution in [-0.4, -0.2) is 24.5 Å². The van der Waals surface area contributed by atoms with E-state index < -0.39 is 10.0 Å². The van der Waals surface area contributed by atoms with Gasteiger partial charge in [-0.1, -0.05) is 0 Å². The molecule has 1 aliphatic heterocycles. The van der Waals surface area contributed by atoms with Gasteiger partial charge in [0.1, 0.15) is 10.0 Å². The second kappa shape index (κ2) is 5.83. The van der Waals surface area contributed by atoms with Gasteiger partial charge in [-0.15, -0.1) is 11.3 Å². The summed E-state index contributed by atoms with van der Waals surface area (Å²) in [6.45, 7) is 3.26. The van der Waals surface area contributed by atoms with Crippen molar-refractivity contribution in [2.24, 2.45) is 5.92 Å². The van der Waals surface area contributed by atoms with Crippen LogP contribution in [-0.2, 0) is 23.0 Å². The predicted molar refractivity (Wildman–Crippen MR) is 86.0 cm³/mol. The van der Waals surface area contributed by atoms with E-state index in [0.717, 1.165) is 34.6 Å². The average Bonchev–Trinajstić information content (AvgIpc) is 3.04. The minimum atomic E-state index is -3.41. The standard InChI is InChI=1S/C13H16BrN3O2S2/c1-9-6-12(20-13(9)14)21(18,19)16-8-10-2-4-17-5-3-15-11(17)7-10/h3,5-6,10,16H,2,4,7-8H2,1H3/t10-/m1/s1. The fraction of sp³-hybridized carbons (Fsp3) is 0.462. The highest BCUT2D eigenvalue weighted by Gasteiger charge is 2.23. The lowest BCUT2D eigenvalue weighted by Crippen LogP contribution is -2.32. The van der Waals surface area contributed by atoms with Gasteiger partial charge in [0.15, 0.2) is 0 Å². The molecular formula is C13H16BrN3O2S2. The number of sulfonamides is 1. The van der Waals surface area contributed by atoms with Crippen LogP contribution in [0.1, 0.15) is 17.8 Å². The Morgan fingerprint density at radius 3 is 3.10 bits per heavy atom. The molecule has 0 amide bonds. The third kappa shape index (κ3) is 3.23. The van der Waals surface area contributed by atoms with Gasteiger partial charge in [-0.2, -0.15) is 0 Å². The van der Waals surface area contributed by atoms with Gasteiger partial charge < -0.3 is 4.57 Å². The lowest BCUT2D eigenvalue weighted by atomic mass is 9.98. The van der Waals surface area contributed by atoms with E-state index in [1.54, 1.807) is 12.3 Å². The molecule has 0 aliphatic carbocycles. The van der Waals surface area contributed by atoms with Crippen LogP contribution >= 0.6 is 27.3 Å². The third-order valence-corrected chi connectivity index (χ3v) is 7.75. The van der Waals surface area contributed by atoms with Crippen molar-refractivity contribution >= 4 is 37.3 Å². The lowest BCUT2D eigenvalue weighted by Gasteiger charge is -2.23. The molecular weight excluding hydrogens is 374 g/mol. The second-order valence-corrected chi connectivity index (χ2v) is 9.63. The molecule has 0 bridgehead atoms. The van der Waals surface area contributed by atoms with Gasteiger partial charge >= 0.3 is 0 Å². The number of imidazole rings is 1. The van der Waals surface area contributed by atoms with E-state index in [1.165, 1.54) is 11.3 Å². The van der Waals surface area contributed by atoms with Crippen LogP contribution in [0.15, 0.2) is 26.5 Å². The molecule has 0 aromatic carbocycles. The molecule has 21 heavy (non-hydrogen) atoms. The molecule has 3 rings (SSSR count). The van der Waals surface area contributed by atoms with E-state index >= 15 is 0 Å². The number of aryl methyl sites for hydroxylation is 2. The number of fused-ring (bicyclic) bond motifs is 1. The molecule has 0 saturated heterocycles. The van der Waals surface area contributed by atoms with Crippen molar-refractivity contribution in [3.8, 4) is 0 Å². The predicted octanol–water partition coefficient (Wildman–Crippen LogP) is 2.56. The first-order valence-corrected chi connectivity index (χ1v) is 9.80. The molecule has 3 heterocycles. The molecule has 2 aromatic rings. The number of thiophene rings is 1. The van der Waals surface area contributed by atoms with E-state index in [4.69, 9.17) is 0 Å². The number of nitrogens with zero attached hydrogens (tertiary/aromatic N) is 2.